The van der Waals surface area contributed by atoms with Crippen molar-refractivity contribution in [1.29, 1.82) is 0 Å². The lowest BCUT2D eigenvalue weighted by Crippen LogP contribution is -2.44. The van der Waals surface area contributed by atoms with Gasteiger partial charge in [0.05, 0.1) is 0 Å². The third kappa shape index (κ3) is 2.59. The zero-order valence-electron chi connectivity index (χ0n) is 7.74. The predicted octanol–water partition coefficient (Wildman–Crippen LogP) is 2.15. The Morgan fingerprint density at radius 2 is 2.07 bits per heavy atom. The van der Waals surface area contributed by atoms with E-state index in [1.54, 1.807) is 6.07 Å². The van der Waals surface area contributed by atoms with Crippen LogP contribution in [0, 0.1) is 5.82 Å². The molecule has 2 nitrogen and oxygen atoms in total. The molecule has 0 spiro atoms. The minimum Gasteiger partial charge on any atom is -0.382 e. The van der Waals surface area contributed by atoms with Gasteiger partial charge >= 0.3 is 0 Å². The Kier molecular flexibility index (Phi) is 3.72. The molecule has 1 saturated carbocycles. The van der Waals surface area contributed by atoms with E-state index in [9.17, 15) is 4.39 Å². The fraction of sp³-hybridized carbons (Fsp3) is 0.400. The van der Waals surface area contributed by atoms with Crippen LogP contribution in [0.25, 0.3) is 0 Å². The number of nitrogens with one attached hydrogen (secondary N) is 1. The van der Waals surface area contributed by atoms with E-state index >= 15 is 0 Å². The highest BCUT2D eigenvalue weighted by molar-refractivity contribution is 5.85. The van der Waals surface area contributed by atoms with Crippen LogP contribution < -0.4 is 11.1 Å². The van der Waals surface area contributed by atoms with Crippen molar-refractivity contribution < 1.29 is 4.39 Å². The Balaban J connectivity index is 0.000000980. The van der Waals surface area contributed by atoms with Gasteiger partial charge in [-0.3, -0.25) is 0 Å². The first kappa shape index (κ1) is 11.3. The SMILES string of the molecule is Cl.NC1CC(Nc2cccc(F)c2)C1. The van der Waals surface area contributed by atoms with Gasteiger partial charge in [0.25, 0.3) is 0 Å². The maximum absolute atomic E-state index is 12.8. The van der Waals surface area contributed by atoms with Gasteiger partial charge in [-0.2, -0.15) is 0 Å². The molecule has 0 radical (unpaired) electrons. The van der Waals surface area contributed by atoms with Gasteiger partial charge in [-0.15, -0.1) is 12.4 Å². The molecule has 0 unspecified atom stereocenters. The molecule has 14 heavy (non-hydrogen) atoms. The molecule has 1 fully saturated rings. The van der Waals surface area contributed by atoms with Crippen LogP contribution in [-0.4, -0.2) is 12.1 Å². The molecule has 4 heteroatoms. The van der Waals surface area contributed by atoms with E-state index in [-0.39, 0.29) is 18.2 Å². The molecule has 0 saturated heterocycles. The molecule has 1 aliphatic rings. The summed E-state index contributed by atoms with van der Waals surface area (Å²) in [6.07, 6.45) is 1.97. The van der Waals surface area contributed by atoms with Gasteiger partial charge in [-0.1, -0.05) is 6.07 Å². The number of hydrogen-bond donors (Lipinski definition) is 2. The average Bonchev–Trinajstić information content (AvgIpc) is 2.01. The van der Waals surface area contributed by atoms with Crippen LogP contribution in [0.2, 0.25) is 0 Å². The average molecular weight is 217 g/mol. The lowest BCUT2D eigenvalue weighted by Gasteiger charge is -2.33. The maximum atomic E-state index is 12.8. The van der Waals surface area contributed by atoms with Gasteiger partial charge in [0.1, 0.15) is 5.82 Å². The van der Waals surface area contributed by atoms with Gasteiger partial charge in [-0.25, -0.2) is 4.39 Å². The molecule has 3 N–H and O–H groups in total. The molecule has 0 aliphatic heterocycles. The van der Waals surface area contributed by atoms with Crippen LogP contribution in [0.5, 0.6) is 0 Å². The van der Waals surface area contributed by atoms with E-state index in [0.717, 1.165) is 18.5 Å². The molecule has 1 aromatic carbocycles. The smallest absolute Gasteiger partial charge is 0.125 e. The second-order valence-electron chi connectivity index (χ2n) is 3.58. The first-order chi connectivity index (χ1) is 6.24. The van der Waals surface area contributed by atoms with Gasteiger partial charge in [0.15, 0.2) is 0 Å². The molecular weight excluding hydrogens is 203 g/mol. The highest BCUT2D eigenvalue weighted by Gasteiger charge is 2.25. The third-order valence-corrected chi connectivity index (χ3v) is 2.37. The summed E-state index contributed by atoms with van der Waals surface area (Å²) < 4.78 is 12.8. The summed E-state index contributed by atoms with van der Waals surface area (Å²) in [5.41, 5.74) is 6.48. The van der Waals surface area contributed by atoms with Crippen molar-refractivity contribution in [3.05, 3.63) is 30.1 Å². The molecule has 1 aromatic rings. The number of anilines is 1. The van der Waals surface area contributed by atoms with Crippen molar-refractivity contribution in [2.45, 2.75) is 24.9 Å². The van der Waals surface area contributed by atoms with Crippen molar-refractivity contribution >= 4 is 18.1 Å². The summed E-state index contributed by atoms with van der Waals surface area (Å²) in [7, 11) is 0. The summed E-state index contributed by atoms with van der Waals surface area (Å²) in [5.74, 6) is -0.200. The van der Waals surface area contributed by atoms with Gasteiger partial charge < -0.3 is 11.1 Å². The minimum atomic E-state index is -0.200. The summed E-state index contributed by atoms with van der Waals surface area (Å²) in [5, 5.41) is 3.23. The van der Waals surface area contributed by atoms with Crippen LogP contribution in [0.1, 0.15) is 12.8 Å². The normalized spacial score (nSPS) is 24.7. The fourth-order valence-electron chi connectivity index (χ4n) is 1.59. The molecule has 0 amide bonds. The Bertz CT molecular complexity index is 300. The fourth-order valence-corrected chi connectivity index (χ4v) is 1.59. The predicted molar refractivity (Wildman–Crippen MR) is 58.3 cm³/mol. The lowest BCUT2D eigenvalue weighted by atomic mass is 9.87. The van der Waals surface area contributed by atoms with E-state index in [1.807, 2.05) is 6.07 Å². The number of halogens is 2. The molecule has 0 atom stereocenters. The Labute approximate surface area is 89.1 Å². The maximum Gasteiger partial charge on any atom is 0.125 e. The van der Waals surface area contributed by atoms with Gasteiger partial charge in [-0.05, 0) is 31.0 Å². The zero-order valence-corrected chi connectivity index (χ0v) is 8.56. The van der Waals surface area contributed by atoms with Crippen LogP contribution >= 0.6 is 12.4 Å². The van der Waals surface area contributed by atoms with Crippen molar-refractivity contribution in [2.24, 2.45) is 5.73 Å². The Morgan fingerprint density at radius 1 is 1.36 bits per heavy atom. The van der Waals surface area contributed by atoms with E-state index < -0.39 is 0 Å². The van der Waals surface area contributed by atoms with Crippen molar-refractivity contribution in [3.63, 3.8) is 0 Å². The molecule has 0 heterocycles. The second kappa shape index (κ2) is 4.62. The molecule has 0 aromatic heterocycles. The monoisotopic (exact) mass is 216 g/mol. The topological polar surface area (TPSA) is 38.0 Å². The van der Waals surface area contributed by atoms with E-state index in [0.29, 0.717) is 12.1 Å². The number of hydrogen-bond acceptors (Lipinski definition) is 2. The number of nitrogens with two attached hydrogens (primary N) is 1. The second-order valence-corrected chi connectivity index (χ2v) is 3.58. The van der Waals surface area contributed by atoms with Crippen LogP contribution in [0.3, 0.4) is 0 Å². The van der Waals surface area contributed by atoms with Gasteiger partial charge in [0.2, 0.25) is 0 Å². The van der Waals surface area contributed by atoms with E-state index in [4.69, 9.17) is 5.73 Å². The van der Waals surface area contributed by atoms with E-state index in [2.05, 4.69) is 5.32 Å². The lowest BCUT2D eigenvalue weighted by molar-refractivity contribution is 0.373. The van der Waals surface area contributed by atoms with Crippen LogP contribution in [0.4, 0.5) is 10.1 Å². The highest BCUT2D eigenvalue weighted by Crippen LogP contribution is 2.22. The number of benzene rings is 1. The van der Waals surface area contributed by atoms with Crippen LogP contribution in [-0.2, 0) is 0 Å². The standard InChI is InChI=1S/C10H13FN2.ClH/c11-7-2-1-3-9(4-7)13-10-5-8(12)6-10;/h1-4,8,10,13H,5-6,12H2;1H. The van der Waals surface area contributed by atoms with E-state index in [1.165, 1.54) is 12.1 Å². The quantitative estimate of drug-likeness (QED) is 0.795. The Morgan fingerprint density at radius 3 is 2.64 bits per heavy atom. The molecule has 2 rings (SSSR count). The largest absolute Gasteiger partial charge is 0.382 e. The van der Waals surface area contributed by atoms with Crippen molar-refractivity contribution in [2.75, 3.05) is 5.32 Å². The molecule has 78 valence electrons. The number of rotatable bonds is 2. The first-order valence-corrected chi connectivity index (χ1v) is 4.52. The van der Waals surface area contributed by atoms with Gasteiger partial charge in [0, 0.05) is 17.8 Å². The summed E-state index contributed by atoms with van der Waals surface area (Å²) in [6, 6.07) is 7.27. The highest BCUT2D eigenvalue weighted by atomic mass is 35.5. The van der Waals surface area contributed by atoms with Crippen molar-refractivity contribution in [1.82, 2.24) is 0 Å². The first-order valence-electron chi connectivity index (χ1n) is 4.52. The third-order valence-electron chi connectivity index (χ3n) is 2.37. The van der Waals surface area contributed by atoms with Crippen LogP contribution in [0.15, 0.2) is 24.3 Å². The summed E-state index contributed by atoms with van der Waals surface area (Å²) in [6.45, 7) is 0. The molecule has 1 aliphatic carbocycles. The zero-order chi connectivity index (χ0) is 9.26. The minimum absolute atomic E-state index is 0. The van der Waals surface area contributed by atoms with Crippen molar-refractivity contribution in [3.8, 4) is 0 Å². The summed E-state index contributed by atoms with van der Waals surface area (Å²) >= 11 is 0. The summed E-state index contributed by atoms with van der Waals surface area (Å²) in [4.78, 5) is 0. The molecular formula is C10H14ClFN2. The molecule has 0 bridgehead atoms. The Hall–Kier alpha value is -0.800.